The maximum Gasteiger partial charge on any atom is 0.163 e. The molecule has 3 rings (SSSR count). The molecule has 24 heavy (non-hydrogen) atoms. The second-order valence-electron chi connectivity index (χ2n) is 4.95. The van der Waals surface area contributed by atoms with Crippen LogP contribution in [-0.2, 0) is 14.4 Å². The third-order valence-electron chi connectivity index (χ3n) is 2.77. The van der Waals surface area contributed by atoms with Crippen molar-refractivity contribution in [2.45, 2.75) is 19.3 Å². The first-order chi connectivity index (χ1) is 11.4. The fourth-order valence-electron chi connectivity index (χ4n) is 1.71. The summed E-state index contributed by atoms with van der Waals surface area (Å²) in [4.78, 5) is 31.2. The largest absolute Gasteiger partial charge is 0.508 e. The first-order valence-corrected chi connectivity index (χ1v) is 7.16. The minimum atomic E-state index is -0.0683. The Morgan fingerprint density at radius 2 is 1.42 bits per heavy atom. The number of aromatic hydroxyl groups is 2. The van der Waals surface area contributed by atoms with Gasteiger partial charge in [0.15, 0.2) is 11.6 Å². The standard InChI is InChI=1S/3C6H6O2/c3*7-5-2-1-3-6(8)4-5/h1-2H,3-4H2;1-2,4,7H,3H2;1-4,7-8H. The van der Waals surface area contributed by atoms with Gasteiger partial charge in [-0.05, 0) is 24.3 Å². The molecule has 0 atom stereocenters. The molecule has 0 bridgehead atoms. The molecular weight excluding hydrogens is 312 g/mol. The number of ketones is 3. The van der Waals surface area contributed by atoms with Gasteiger partial charge in [-0.25, -0.2) is 0 Å². The molecule has 0 fully saturated rings. The number of rotatable bonds is 0. The van der Waals surface area contributed by atoms with Crippen LogP contribution in [0.15, 0.2) is 60.4 Å². The number of hydrogen-bond donors (Lipinski definition) is 3. The molecule has 1 aromatic rings. The van der Waals surface area contributed by atoms with Gasteiger partial charge in [0, 0.05) is 25.0 Å². The Balaban J connectivity index is 0.000000180. The van der Waals surface area contributed by atoms with Gasteiger partial charge in [-0.2, -0.15) is 0 Å². The van der Waals surface area contributed by atoms with Crippen molar-refractivity contribution in [2.75, 3.05) is 0 Å². The molecule has 2 aliphatic carbocycles. The Morgan fingerprint density at radius 3 is 1.75 bits per heavy atom. The zero-order chi connectivity index (χ0) is 17.9. The lowest BCUT2D eigenvalue weighted by atomic mass is 10.1. The van der Waals surface area contributed by atoms with E-state index in [1.807, 2.05) is 0 Å². The van der Waals surface area contributed by atoms with Crippen LogP contribution in [0.4, 0.5) is 0 Å². The summed E-state index contributed by atoms with van der Waals surface area (Å²) in [6, 6.07) is 5.85. The van der Waals surface area contributed by atoms with Crippen LogP contribution in [-0.4, -0.2) is 32.7 Å². The molecule has 0 saturated carbocycles. The van der Waals surface area contributed by atoms with Crippen molar-refractivity contribution >= 4 is 17.3 Å². The van der Waals surface area contributed by atoms with Crippen molar-refractivity contribution in [3.05, 3.63) is 60.4 Å². The van der Waals surface area contributed by atoms with E-state index in [4.69, 9.17) is 15.3 Å². The fourth-order valence-corrected chi connectivity index (χ4v) is 1.71. The highest BCUT2D eigenvalue weighted by molar-refractivity contribution is 6.07. The molecule has 0 heterocycles. The van der Waals surface area contributed by atoms with E-state index in [2.05, 4.69) is 0 Å². The lowest BCUT2D eigenvalue weighted by Gasteiger charge is -1.97. The number of phenolic OH excluding ortho intramolecular Hbond substituents is 2. The maximum absolute atomic E-state index is 10.4. The zero-order valence-electron chi connectivity index (χ0n) is 12.9. The maximum atomic E-state index is 10.4. The van der Waals surface area contributed by atoms with Crippen molar-refractivity contribution in [2.24, 2.45) is 0 Å². The molecule has 6 nitrogen and oxygen atoms in total. The third kappa shape index (κ3) is 8.33. The fraction of sp³-hybridized carbons (Fsp3) is 0.167. The number of allylic oxidation sites excluding steroid dienone is 5. The Morgan fingerprint density at radius 1 is 0.792 bits per heavy atom. The molecule has 0 spiro atoms. The Bertz CT molecular complexity index is 676. The Labute approximate surface area is 139 Å². The molecule has 0 aliphatic heterocycles. The minimum Gasteiger partial charge on any atom is -0.508 e. The first-order valence-electron chi connectivity index (χ1n) is 7.16. The molecule has 0 radical (unpaired) electrons. The summed E-state index contributed by atoms with van der Waals surface area (Å²) in [5.74, 6) is 0.153. The van der Waals surface area contributed by atoms with Gasteiger partial charge < -0.3 is 15.3 Å². The van der Waals surface area contributed by atoms with E-state index in [-0.39, 0.29) is 41.0 Å². The molecular formula is C18H18O6. The van der Waals surface area contributed by atoms with E-state index in [0.717, 1.165) is 0 Å². The average Bonchev–Trinajstić information content (AvgIpc) is 2.47. The monoisotopic (exact) mass is 330 g/mol. The number of hydrogen-bond acceptors (Lipinski definition) is 6. The van der Waals surface area contributed by atoms with Gasteiger partial charge in [0.2, 0.25) is 0 Å². The van der Waals surface area contributed by atoms with E-state index in [9.17, 15) is 14.4 Å². The number of carbonyl (C=O) groups excluding carboxylic acids is 3. The lowest BCUT2D eigenvalue weighted by Crippen LogP contribution is -2.08. The number of aliphatic hydroxyl groups excluding tert-OH is 1. The number of carbonyl (C=O) groups is 3. The highest BCUT2D eigenvalue weighted by Gasteiger charge is 2.08. The van der Waals surface area contributed by atoms with Gasteiger partial charge in [0.1, 0.15) is 23.0 Å². The van der Waals surface area contributed by atoms with E-state index in [0.29, 0.717) is 12.8 Å². The van der Waals surface area contributed by atoms with Crippen molar-refractivity contribution in [3.8, 4) is 11.5 Å². The summed E-state index contributed by atoms with van der Waals surface area (Å²) in [7, 11) is 0. The van der Waals surface area contributed by atoms with Crippen LogP contribution in [0, 0.1) is 0 Å². The molecule has 1 aromatic carbocycles. The van der Waals surface area contributed by atoms with Gasteiger partial charge in [0.25, 0.3) is 0 Å². The van der Waals surface area contributed by atoms with E-state index in [1.54, 1.807) is 18.2 Å². The summed E-state index contributed by atoms with van der Waals surface area (Å²) >= 11 is 0. The van der Waals surface area contributed by atoms with Crippen molar-refractivity contribution in [1.29, 1.82) is 0 Å². The quantitative estimate of drug-likeness (QED) is 0.630. The predicted molar refractivity (Wildman–Crippen MR) is 87.6 cm³/mol. The van der Waals surface area contributed by atoms with E-state index >= 15 is 0 Å². The number of aliphatic hydroxyl groups is 1. The van der Waals surface area contributed by atoms with E-state index in [1.165, 1.54) is 36.4 Å². The summed E-state index contributed by atoms with van der Waals surface area (Å²) in [6.45, 7) is 0. The SMILES string of the molecule is O=C1C=C(O)C=CC1.O=C1C=CCC(=O)C1.Oc1cccc(O)c1. The molecule has 0 saturated heterocycles. The molecule has 0 aromatic heterocycles. The molecule has 126 valence electrons. The lowest BCUT2D eigenvalue weighted by molar-refractivity contribution is -0.125. The normalized spacial score (nSPS) is 15.7. The van der Waals surface area contributed by atoms with Gasteiger partial charge in [-0.15, -0.1) is 0 Å². The molecule has 2 aliphatic rings. The summed E-state index contributed by atoms with van der Waals surface area (Å²) < 4.78 is 0. The van der Waals surface area contributed by atoms with E-state index < -0.39 is 0 Å². The van der Waals surface area contributed by atoms with Gasteiger partial charge >= 0.3 is 0 Å². The van der Waals surface area contributed by atoms with Crippen LogP contribution in [0.3, 0.4) is 0 Å². The smallest absolute Gasteiger partial charge is 0.163 e. The van der Waals surface area contributed by atoms with Gasteiger partial charge in [-0.3, -0.25) is 14.4 Å². The number of phenols is 2. The number of benzene rings is 1. The van der Waals surface area contributed by atoms with Crippen LogP contribution in [0.2, 0.25) is 0 Å². The second kappa shape index (κ2) is 9.78. The molecule has 3 N–H and O–H groups in total. The summed E-state index contributed by atoms with van der Waals surface area (Å²) in [5, 5.41) is 25.9. The zero-order valence-corrected chi connectivity index (χ0v) is 12.9. The molecule has 6 heteroatoms. The first kappa shape index (κ1) is 18.9. The Kier molecular flexibility index (Phi) is 7.70. The van der Waals surface area contributed by atoms with Gasteiger partial charge in [-0.1, -0.05) is 18.2 Å². The second-order valence-corrected chi connectivity index (χ2v) is 4.95. The summed E-state index contributed by atoms with van der Waals surface area (Å²) in [6.07, 6.45) is 8.40. The summed E-state index contributed by atoms with van der Waals surface area (Å²) in [5.41, 5.74) is 0. The average molecular weight is 330 g/mol. The van der Waals surface area contributed by atoms with Crippen LogP contribution >= 0.6 is 0 Å². The van der Waals surface area contributed by atoms with Gasteiger partial charge in [0.05, 0.1) is 6.42 Å². The van der Waals surface area contributed by atoms with Crippen molar-refractivity contribution < 1.29 is 29.7 Å². The predicted octanol–water partition coefficient (Wildman–Crippen LogP) is 2.53. The highest BCUT2D eigenvalue weighted by Crippen LogP contribution is 2.14. The third-order valence-corrected chi connectivity index (χ3v) is 2.77. The number of Topliss-reactive ketones (excluding diaryl/α,β-unsaturated/α-hetero) is 1. The minimum absolute atomic E-state index is 0.0255. The van der Waals surface area contributed by atoms with Crippen molar-refractivity contribution in [3.63, 3.8) is 0 Å². The van der Waals surface area contributed by atoms with Crippen LogP contribution in [0.5, 0.6) is 11.5 Å². The van der Waals surface area contributed by atoms with Crippen LogP contribution < -0.4 is 0 Å². The molecule has 0 amide bonds. The van der Waals surface area contributed by atoms with Crippen molar-refractivity contribution in [1.82, 2.24) is 0 Å². The van der Waals surface area contributed by atoms with Crippen LogP contribution in [0.25, 0.3) is 0 Å². The van der Waals surface area contributed by atoms with Crippen LogP contribution in [0.1, 0.15) is 19.3 Å². The molecule has 0 unspecified atom stereocenters. The highest BCUT2D eigenvalue weighted by atomic mass is 16.3. The Hall–Kier alpha value is -3.15. The topological polar surface area (TPSA) is 112 Å².